The molecule has 1 heterocycles. The zero-order valence-corrected chi connectivity index (χ0v) is 19.1. The van der Waals surface area contributed by atoms with E-state index in [1.807, 2.05) is 0 Å². The lowest BCUT2D eigenvalue weighted by molar-refractivity contribution is -0.140. The quantitative estimate of drug-likeness (QED) is 0.562. The summed E-state index contributed by atoms with van der Waals surface area (Å²) in [5.74, 6) is 1.02. The van der Waals surface area contributed by atoms with Crippen molar-refractivity contribution in [1.29, 1.82) is 0 Å². The van der Waals surface area contributed by atoms with Crippen LogP contribution >= 0.6 is 11.6 Å². The molecular weight excluding hydrogens is 441 g/mol. The van der Waals surface area contributed by atoms with E-state index >= 15 is 0 Å². The molecule has 0 spiro atoms. The minimum Gasteiger partial charge on any atom is -0.493 e. The normalized spacial score (nSPS) is 16.0. The van der Waals surface area contributed by atoms with Crippen LogP contribution in [0.5, 0.6) is 17.2 Å². The molecule has 0 aliphatic carbocycles. The zero-order chi connectivity index (χ0) is 23.1. The van der Waals surface area contributed by atoms with Gasteiger partial charge < -0.3 is 28.6 Å². The van der Waals surface area contributed by atoms with Crippen molar-refractivity contribution in [3.05, 3.63) is 52.3 Å². The minimum atomic E-state index is -0.394. The second-order valence-corrected chi connectivity index (χ2v) is 7.66. The van der Waals surface area contributed by atoms with Crippen LogP contribution in [0.1, 0.15) is 11.1 Å². The number of halogens is 2. The van der Waals surface area contributed by atoms with Crippen LogP contribution < -0.4 is 14.2 Å². The highest BCUT2D eigenvalue weighted by molar-refractivity contribution is 6.31. The first-order chi connectivity index (χ1) is 15.5. The fraction of sp³-hybridized carbons (Fsp3) is 0.435. The Morgan fingerprint density at radius 2 is 1.88 bits per heavy atom. The number of carbonyl (C=O) groups is 1. The number of nitrogens with zero attached hydrogens (tertiary/aromatic N) is 1. The monoisotopic (exact) mass is 467 g/mol. The predicted molar refractivity (Wildman–Crippen MR) is 117 cm³/mol. The van der Waals surface area contributed by atoms with E-state index in [4.69, 9.17) is 35.3 Å². The summed E-state index contributed by atoms with van der Waals surface area (Å²) in [6.07, 6.45) is -0.110. The summed E-state index contributed by atoms with van der Waals surface area (Å²) in [5.41, 5.74) is 1.40. The highest BCUT2D eigenvalue weighted by atomic mass is 35.5. The minimum absolute atomic E-state index is 0.0506. The number of ether oxygens (including phenoxy) is 5. The average molecular weight is 468 g/mol. The molecular formula is C23H27ClFNO6. The molecule has 1 atom stereocenters. The van der Waals surface area contributed by atoms with Gasteiger partial charge in [-0.2, -0.15) is 0 Å². The third-order valence-electron chi connectivity index (χ3n) is 5.20. The van der Waals surface area contributed by atoms with E-state index in [-0.39, 0.29) is 31.6 Å². The molecule has 2 aromatic carbocycles. The molecule has 0 unspecified atom stereocenters. The van der Waals surface area contributed by atoms with Gasteiger partial charge in [-0.05, 0) is 23.8 Å². The molecule has 1 aliphatic rings. The number of rotatable bonds is 9. The molecule has 9 heteroatoms. The Labute approximate surface area is 191 Å². The number of benzene rings is 2. The van der Waals surface area contributed by atoms with Gasteiger partial charge >= 0.3 is 0 Å². The summed E-state index contributed by atoms with van der Waals surface area (Å²) >= 11 is 6.03. The van der Waals surface area contributed by atoms with E-state index < -0.39 is 5.82 Å². The van der Waals surface area contributed by atoms with Crippen molar-refractivity contribution < 1.29 is 32.9 Å². The first kappa shape index (κ1) is 24.1. The van der Waals surface area contributed by atoms with Crippen LogP contribution in [0.3, 0.4) is 0 Å². The molecule has 0 N–H and O–H groups in total. The van der Waals surface area contributed by atoms with Gasteiger partial charge in [-0.1, -0.05) is 23.7 Å². The standard InChI is InChI=1S/C23H27ClFNO6/c1-28-20-7-5-15(22(29-2)23(20)30-3)10-21(27)26-8-9-32-18(12-26)14-31-13-16-4-6-17(25)11-19(16)24/h4-7,11,18H,8-10,12-14H2,1-3H3/t18-/m0/s1. The lowest BCUT2D eigenvalue weighted by atomic mass is 10.1. The predicted octanol–water partition coefficient (Wildman–Crippen LogP) is 3.49. The summed E-state index contributed by atoms with van der Waals surface area (Å²) in [6.45, 7) is 1.84. The average Bonchev–Trinajstić information content (AvgIpc) is 2.80. The Hall–Kier alpha value is -2.55. The van der Waals surface area contributed by atoms with E-state index in [2.05, 4.69) is 0 Å². The zero-order valence-electron chi connectivity index (χ0n) is 18.4. The van der Waals surface area contributed by atoms with Crippen molar-refractivity contribution in [2.45, 2.75) is 19.1 Å². The molecule has 174 valence electrons. The first-order valence-corrected chi connectivity index (χ1v) is 10.5. The van der Waals surface area contributed by atoms with Crippen molar-refractivity contribution in [3.63, 3.8) is 0 Å². The van der Waals surface area contributed by atoms with Crippen LogP contribution in [0.2, 0.25) is 5.02 Å². The molecule has 0 radical (unpaired) electrons. The lowest BCUT2D eigenvalue weighted by Gasteiger charge is -2.33. The Balaban J connectivity index is 1.57. The maximum atomic E-state index is 13.2. The van der Waals surface area contributed by atoms with Gasteiger partial charge in [0.05, 0.1) is 53.7 Å². The molecule has 1 aliphatic heterocycles. The highest BCUT2D eigenvalue weighted by Crippen LogP contribution is 2.40. The smallest absolute Gasteiger partial charge is 0.227 e. The molecule has 3 rings (SSSR count). The third kappa shape index (κ3) is 5.82. The molecule has 7 nitrogen and oxygen atoms in total. The maximum Gasteiger partial charge on any atom is 0.227 e. The number of hydrogen-bond donors (Lipinski definition) is 0. The Kier molecular flexibility index (Phi) is 8.55. The van der Waals surface area contributed by atoms with Crippen molar-refractivity contribution in [1.82, 2.24) is 4.90 Å². The van der Waals surface area contributed by atoms with E-state index in [9.17, 15) is 9.18 Å². The lowest BCUT2D eigenvalue weighted by Crippen LogP contribution is -2.47. The van der Waals surface area contributed by atoms with E-state index in [0.29, 0.717) is 53.1 Å². The van der Waals surface area contributed by atoms with Crippen LogP contribution in [0.4, 0.5) is 4.39 Å². The number of amides is 1. The van der Waals surface area contributed by atoms with Gasteiger partial charge in [-0.15, -0.1) is 0 Å². The molecule has 1 amide bonds. The fourth-order valence-electron chi connectivity index (χ4n) is 3.56. The molecule has 1 saturated heterocycles. The van der Waals surface area contributed by atoms with Gasteiger partial charge in [0.1, 0.15) is 5.82 Å². The van der Waals surface area contributed by atoms with Crippen LogP contribution in [-0.4, -0.2) is 64.5 Å². The van der Waals surface area contributed by atoms with Gasteiger partial charge in [0.25, 0.3) is 0 Å². The molecule has 0 saturated carbocycles. The van der Waals surface area contributed by atoms with E-state index in [0.717, 1.165) is 0 Å². The molecule has 32 heavy (non-hydrogen) atoms. The topological polar surface area (TPSA) is 66.5 Å². The van der Waals surface area contributed by atoms with E-state index in [1.165, 1.54) is 26.4 Å². The van der Waals surface area contributed by atoms with Gasteiger partial charge in [0, 0.05) is 23.7 Å². The highest BCUT2D eigenvalue weighted by Gasteiger charge is 2.26. The Morgan fingerprint density at radius 3 is 2.56 bits per heavy atom. The Bertz CT molecular complexity index is 941. The first-order valence-electron chi connectivity index (χ1n) is 10.2. The number of carbonyl (C=O) groups excluding carboxylic acids is 1. The van der Waals surface area contributed by atoms with Crippen molar-refractivity contribution in [2.24, 2.45) is 0 Å². The van der Waals surface area contributed by atoms with Crippen LogP contribution in [0.25, 0.3) is 0 Å². The molecule has 0 aromatic heterocycles. The molecule has 2 aromatic rings. The summed E-state index contributed by atoms with van der Waals surface area (Å²) < 4.78 is 40.8. The van der Waals surface area contributed by atoms with Gasteiger partial charge in [-0.3, -0.25) is 4.79 Å². The number of hydrogen-bond acceptors (Lipinski definition) is 6. The van der Waals surface area contributed by atoms with Gasteiger partial charge in [0.15, 0.2) is 11.5 Å². The van der Waals surface area contributed by atoms with Gasteiger partial charge in [-0.25, -0.2) is 4.39 Å². The van der Waals surface area contributed by atoms with Crippen molar-refractivity contribution in [2.75, 3.05) is 47.6 Å². The number of methoxy groups -OCH3 is 3. The van der Waals surface area contributed by atoms with Crippen molar-refractivity contribution in [3.8, 4) is 17.2 Å². The summed E-state index contributed by atoms with van der Waals surface area (Å²) in [5, 5.41) is 0.315. The second-order valence-electron chi connectivity index (χ2n) is 7.25. The summed E-state index contributed by atoms with van der Waals surface area (Å²) in [7, 11) is 4.60. The summed E-state index contributed by atoms with van der Waals surface area (Å²) in [4.78, 5) is 14.7. The van der Waals surface area contributed by atoms with E-state index in [1.54, 1.807) is 30.2 Å². The second kappa shape index (κ2) is 11.4. The number of morpholine rings is 1. The van der Waals surface area contributed by atoms with Crippen LogP contribution in [0, 0.1) is 5.82 Å². The third-order valence-corrected chi connectivity index (χ3v) is 5.55. The molecule has 0 bridgehead atoms. The maximum absolute atomic E-state index is 13.2. The van der Waals surface area contributed by atoms with Crippen LogP contribution in [-0.2, 0) is 27.3 Å². The molecule has 1 fully saturated rings. The Morgan fingerprint density at radius 1 is 1.12 bits per heavy atom. The summed E-state index contributed by atoms with van der Waals surface area (Å²) in [6, 6.07) is 7.72. The van der Waals surface area contributed by atoms with Crippen molar-refractivity contribution >= 4 is 17.5 Å². The van der Waals surface area contributed by atoms with Crippen LogP contribution in [0.15, 0.2) is 30.3 Å². The SMILES string of the molecule is COc1ccc(CC(=O)N2CCO[C@H](COCc3ccc(F)cc3Cl)C2)c(OC)c1OC. The van der Waals surface area contributed by atoms with Gasteiger partial charge in [0.2, 0.25) is 11.7 Å². The largest absolute Gasteiger partial charge is 0.493 e. The fourth-order valence-corrected chi connectivity index (χ4v) is 3.78.